The van der Waals surface area contributed by atoms with Crippen LogP contribution in [0.25, 0.3) is 6.08 Å². The molecule has 104 valence electrons. The van der Waals surface area contributed by atoms with E-state index < -0.39 is 4.92 Å². The number of carbonyl (C=O) groups excluding carboxylic acids is 1. The Morgan fingerprint density at radius 3 is 2.80 bits per heavy atom. The van der Waals surface area contributed by atoms with E-state index in [2.05, 4.69) is 0 Å². The highest BCUT2D eigenvalue weighted by Crippen LogP contribution is 2.34. The highest BCUT2D eigenvalue weighted by atomic mass is 32.2. The van der Waals surface area contributed by atoms with Crippen molar-refractivity contribution in [3.8, 4) is 5.75 Å². The molecule has 1 aliphatic heterocycles. The largest absolute Gasteiger partial charge is 0.507 e. The normalized spacial score (nSPS) is 17.1. The molecule has 0 unspecified atom stereocenters. The number of nitrogens with zero attached hydrogens (tertiary/aromatic N) is 2. The lowest BCUT2D eigenvalue weighted by Gasteiger charge is -2.09. The Hall–Kier alpha value is -1.93. The van der Waals surface area contributed by atoms with Crippen molar-refractivity contribution in [1.82, 2.24) is 4.90 Å². The van der Waals surface area contributed by atoms with E-state index in [0.717, 1.165) is 11.8 Å². The van der Waals surface area contributed by atoms with Gasteiger partial charge >= 0.3 is 0 Å². The van der Waals surface area contributed by atoms with Gasteiger partial charge in [-0.3, -0.25) is 19.8 Å². The van der Waals surface area contributed by atoms with Gasteiger partial charge in [0.1, 0.15) is 10.1 Å². The second-order valence-electron chi connectivity index (χ2n) is 3.93. The number of phenols is 1. The third-order valence-corrected chi connectivity index (χ3v) is 4.08. The van der Waals surface area contributed by atoms with Crippen LogP contribution in [0.3, 0.4) is 0 Å². The molecule has 1 aromatic carbocycles. The van der Waals surface area contributed by atoms with Crippen molar-refractivity contribution in [2.45, 2.75) is 6.92 Å². The molecule has 6 nitrogen and oxygen atoms in total. The van der Waals surface area contributed by atoms with Crippen molar-refractivity contribution >= 4 is 46.0 Å². The summed E-state index contributed by atoms with van der Waals surface area (Å²) >= 11 is 6.18. The van der Waals surface area contributed by atoms with Gasteiger partial charge in [-0.1, -0.05) is 24.0 Å². The van der Waals surface area contributed by atoms with Gasteiger partial charge in [0, 0.05) is 24.2 Å². The van der Waals surface area contributed by atoms with E-state index in [9.17, 15) is 20.0 Å². The fourth-order valence-corrected chi connectivity index (χ4v) is 3.06. The van der Waals surface area contributed by atoms with Crippen LogP contribution in [0.1, 0.15) is 12.5 Å². The van der Waals surface area contributed by atoms with Gasteiger partial charge in [-0.2, -0.15) is 0 Å². The number of aromatic hydroxyl groups is 1. The number of nitro groups is 1. The third-order valence-electron chi connectivity index (χ3n) is 2.70. The standard InChI is InChI=1S/C12H10N2O4S2/c1-2-13-11(16)10(20-12(13)19)6-7-5-8(14(17)18)3-4-9(7)15/h3-6,15H,2H2,1H3. The maximum absolute atomic E-state index is 12.0. The Balaban J connectivity index is 2.41. The summed E-state index contributed by atoms with van der Waals surface area (Å²) in [5.41, 5.74) is 0.0656. The van der Waals surface area contributed by atoms with Gasteiger partial charge in [0.15, 0.2) is 0 Å². The van der Waals surface area contributed by atoms with Gasteiger partial charge < -0.3 is 5.11 Å². The molecule has 0 saturated carbocycles. The molecule has 20 heavy (non-hydrogen) atoms. The van der Waals surface area contributed by atoms with E-state index >= 15 is 0 Å². The number of hydrogen-bond acceptors (Lipinski definition) is 6. The fourth-order valence-electron chi connectivity index (χ4n) is 1.68. The predicted molar refractivity (Wildman–Crippen MR) is 80.3 cm³/mol. The number of non-ortho nitro benzene ring substituents is 1. The number of thiocarbonyl (C=S) groups is 1. The number of benzene rings is 1. The van der Waals surface area contributed by atoms with Crippen LogP contribution in [0.15, 0.2) is 23.1 Å². The Labute approximate surface area is 124 Å². The van der Waals surface area contributed by atoms with Gasteiger partial charge in [-0.15, -0.1) is 0 Å². The molecule has 2 rings (SSSR count). The summed E-state index contributed by atoms with van der Waals surface area (Å²) in [5, 5.41) is 20.4. The van der Waals surface area contributed by atoms with Crippen LogP contribution in [0, 0.1) is 10.1 Å². The van der Waals surface area contributed by atoms with Crippen LogP contribution in [0.2, 0.25) is 0 Å². The molecule has 8 heteroatoms. The molecule has 0 bridgehead atoms. The van der Waals surface area contributed by atoms with E-state index in [1.54, 1.807) is 6.92 Å². The third kappa shape index (κ3) is 2.66. The number of carbonyl (C=O) groups is 1. The summed E-state index contributed by atoms with van der Waals surface area (Å²) in [6.45, 7) is 2.27. The molecule has 1 amide bonds. The average molecular weight is 310 g/mol. The summed E-state index contributed by atoms with van der Waals surface area (Å²) in [6, 6.07) is 3.64. The maximum atomic E-state index is 12.0. The van der Waals surface area contributed by atoms with Crippen molar-refractivity contribution in [3.05, 3.63) is 38.8 Å². The molecule has 1 fully saturated rings. The van der Waals surface area contributed by atoms with Crippen LogP contribution in [0.4, 0.5) is 5.69 Å². The van der Waals surface area contributed by atoms with Crippen molar-refractivity contribution in [3.63, 3.8) is 0 Å². The van der Waals surface area contributed by atoms with Crippen LogP contribution in [-0.2, 0) is 4.79 Å². The molecular formula is C12H10N2O4S2. The van der Waals surface area contributed by atoms with Crippen LogP contribution < -0.4 is 0 Å². The molecular weight excluding hydrogens is 300 g/mol. The van der Waals surface area contributed by atoms with Crippen LogP contribution in [-0.4, -0.2) is 31.7 Å². The SMILES string of the molecule is CCN1C(=O)C(=Cc2cc([N+](=O)[O-])ccc2O)SC1=S. The molecule has 0 radical (unpaired) electrons. The van der Waals surface area contributed by atoms with Gasteiger partial charge in [0.25, 0.3) is 11.6 Å². The quantitative estimate of drug-likeness (QED) is 0.400. The van der Waals surface area contributed by atoms with E-state index in [1.165, 1.54) is 29.2 Å². The second kappa shape index (κ2) is 5.59. The molecule has 1 saturated heterocycles. The van der Waals surface area contributed by atoms with Crippen molar-refractivity contribution < 1.29 is 14.8 Å². The van der Waals surface area contributed by atoms with Gasteiger partial charge in [0.05, 0.1) is 9.83 Å². The minimum atomic E-state index is -0.561. The molecule has 0 aromatic heterocycles. The topological polar surface area (TPSA) is 83.7 Å². The Morgan fingerprint density at radius 2 is 2.25 bits per heavy atom. The molecule has 0 atom stereocenters. The van der Waals surface area contributed by atoms with Gasteiger partial charge in [0.2, 0.25) is 0 Å². The van der Waals surface area contributed by atoms with Gasteiger partial charge in [-0.05, 0) is 19.1 Å². The Bertz CT molecular complexity index is 642. The number of likely N-dealkylation sites (N-methyl/N-ethyl adjacent to an activating group) is 1. The van der Waals surface area contributed by atoms with Crippen molar-refractivity contribution in [2.75, 3.05) is 6.54 Å². The molecule has 1 heterocycles. The zero-order valence-corrected chi connectivity index (χ0v) is 12.0. The summed E-state index contributed by atoms with van der Waals surface area (Å²) in [4.78, 5) is 23.9. The smallest absolute Gasteiger partial charge is 0.270 e. The van der Waals surface area contributed by atoms with E-state index in [-0.39, 0.29) is 22.9 Å². The van der Waals surface area contributed by atoms with Gasteiger partial charge in [-0.25, -0.2) is 0 Å². The van der Waals surface area contributed by atoms with E-state index in [4.69, 9.17) is 12.2 Å². The monoisotopic (exact) mass is 310 g/mol. The number of rotatable bonds is 3. The number of thioether (sulfide) groups is 1. The zero-order chi connectivity index (χ0) is 14.9. The van der Waals surface area contributed by atoms with Crippen LogP contribution >= 0.6 is 24.0 Å². The summed E-state index contributed by atoms with van der Waals surface area (Å²) in [7, 11) is 0. The Kier molecular flexibility index (Phi) is 4.05. The fraction of sp³-hybridized carbons (Fsp3) is 0.167. The Morgan fingerprint density at radius 1 is 1.55 bits per heavy atom. The number of amides is 1. The first kappa shape index (κ1) is 14.5. The summed E-state index contributed by atoms with van der Waals surface area (Å²) < 4.78 is 0.439. The molecule has 0 aliphatic carbocycles. The number of phenolic OH excluding ortho intramolecular Hbond substituents is 1. The lowest BCUT2D eigenvalue weighted by atomic mass is 10.1. The first-order valence-corrected chi connectivity index (χ1v) is 6.89. The molecule has 1 aliphatic rings. The second-order valence-corrected chi connectivity index (χ2v) is 5.60. The molecule has 1 aromatic rings. The molecule has 1 N–H and O–H groups in total. The summed E-state index contributed by atoms with van der Waals surface area (Å²) in [6.07, 6.45) is 1.41. The first-order valence-electron chi connectivity index (χ1n) is 5.66. The number of nitro benzene ring substituents is 1. The summed E-state index contributed by atoms with van der Waals surface area (Å²) in [5.74, 6) is -0.384. The van der Waals surface area contributed by atoms with Crippen molar-refractivity contribution in [1.29, 1.82) is 0 Å². The minimum absolute atomic E-state index is 0.127. The average Bonchev–Trinajstić information content (AvgIpc) is 2.66. The van der Waals surface area contributed by atoms with E-state index in [1.807, 2.05) is 0 Å². The predicted octanol–water partition coefficient (Wildman–Crippen LogP) is 2.52. The zero-order valence-electron chi connectivity index (χ0n) is 10.4. The lowest BCUT2D eigenvalue weighted by Crippen LogP contribution is -2.27. The highest BCUT2D eigenvalue weighted by molar-refractivity contribution is 8.26. The number of hydrogen-bond donors (Lipinski definition) is 1. The highest BCUT2D eigenvalue weighted by Gasteiger charge is 2.30. The minimum Gasteiger partial charge on any atom is -0.507 e. The lowest BCUT2D eigenvalue weighted by molar-refractivity contribution is -0.384. The molecule has 0 spiro atoms. The maximum Gasteiger partial charge on any atom is 0.270 e. The first-order chi connectivity index (χ1) is 9.43. The van der Waals surface area contributed by atoms with Crippen LogP contribution in [0.5, 0.6) is 5.75 Å². The van der Waals surface area contributed by atoms with E-state index in [0.29, 0.717) is 15.8 Å². The van der Waals surface area contributed by atoms with Crippen molar-refractivity contribution in [2.24, 2.45) is 0 Å².